The third kappa shape index (κ3) is 4.22. The molecule has 1 heterocycles. The highest BCUT2D eigenvalue weighted by Gasteiger charge is 2.13. The van der Waals surface area contributed by atoms with E-state index in [4.69, 9.17) is 4.74 Å². The summed E-state index contributed by atoms with van der Waals surface area (Å²) in [5.74, 6) is -0.599. The molecule has 0 spiro atoms. The first kappa shape index (κ1) is 15.8. The van der Waals surface area contributed by atoms with E-state index in [0.29, 0.717) is 12.2 Å². The number of ether oxygens (including phenoxy) is 1. The van der Waals surface area contributed by atoms with E-state index in [1.54, 1.807) is 29.9 Å². The highest BCUT2D eigenvalue weighted by molar-refractivity contribution is 5.89. The second kappa shape index (κ2) is 7.45. The second-order valence-corrected chi connectivity index (χ2v) is 5.20. The number of rotatable bonds is 6. The number of carbonyl (C=O) groups is 2. The third-order valence-corrected chi connectivity index (χ3v) is 3.46. The van der Waals surface area contributed by atoms with Crippen LogP contribution in [-0.2, 0) is 16.6 Å². The highest BCUT2D eigenvalue weighted by atomic mass is 16.5. The molecule has 1 aromatic carbocycles. The molecule has 0 saturated heterocycles. The first-order chi connectivity index (χ1) is 10.6. The lowest BCUT2D eigenvalue weighted by Crippen LogP contribution is -2.31. The molecule has 116 valence electrons. The van der Waals surface area contributed by atoms with Crippen molar-refractivity contribution in [2.45, 2.75) is 12.8 Å². The summed E-state index contributed by atoms with van der Waals surface area (Å²) < 4.78 is 6.65. The Morgan fingerprint density at radius 1 is 1.18 bits per heavy atom. The van der Waals surface area contributed by atoms with Crippen LogP contribution in [0.4, 0.5) is 0 Å². The lowest BCUT2D eigenvalue weighted by Gasteiger charge is -2.13. The zero-order valence-electron chi connectivity index (χ0n) is 12.8. The predicted octanol–water partition coefficient (Wildman–Crippen LogP) is 2.10. The van der Waals surface area contributed by atoms with E-state index in [0.717, 1.165) is 5.56 Å². The number of nitrogens with one attached hydrogen (secondary N) is 1. The SMILES string of the molecule is C[C@H](CNC(=O)COC(=O)c1cccn1C)c1ccccc1. The van der Waals surface area contributed by atoms with Gasteiger partial charge in [-0.05, 0) is 23.6 Å². The summed E-state index contributed by atoms with van der Waals surface area (Å²) in [4.78, 5) is 23.5. The van der Waals surface area contributed by atoms with E-state index < -0.39 is 5.97 Å². The molecule has 1 amide bonds. The van der Waals surface area contributed by atoms with Crippen LogP contribution in [-0.4, -0.2) is 29.6 Å². The van der Waals surface area contributed by atoms with Crippen molar-refractivity contribution >= 4 is 11.9 Å². The van der Waals surface area contributed by atoms with Crippen molar-refractivity contribution in [2.75, 3.05) is 13.2 Å². The molecule has 1 atom stereocenters. The number of benzene rings is 1. The van der Waals surface area contributed by atoms with Crippen molar-refractivity contribution in [3.8, 4) is 0 Å². The van der Waals surface area contributed by atoms with Crippen LogP contribution in [0.2, 0.25) is 0 Å². The molecule has 2 rings (SSSR count). The van der Waals surface area contributed by atoms with Crippen molar-refractivity contribution in [1.29, 1.82) is 0 Å². The quantitative estimate of drug-likeness (QED) is 0.831. The maximum Gasteiger partial charge on any atom is 0.355 e. The maximum atomic E-state index is 11.8. The molecule has 0 aliphatic rings. The smallest absolute Gasteiger partial charge is 0.355 e. The number of nitrogens with zero attached hydrogens (tertiary/aromatic N) is 1. The van der Waals surface area contributed by atoms with Gasteiger partial charge >= 0.3 is 5.97 Å². The molecule has 0 saturated carbocycles. The number of carbonyl (C=O) groups excluding carboxylic acids is 2. The van der Waals surface area contributed by atoms with Gasteiger partial charge in [0, 0.05) is 19.8 Å². The zero-order chi connectivity index (χ0) is 15.9. The highest BCUT2D eigenvalue weighted by Crippen LogP contribution is 2.12. The molecule has 2 aromatic rings. The Labute approximate surface area is 129 Å². The van der Waals surface area contributed by atoms with Crippen LogP contribution in [0.5, 0.6) is 0 Å². The van der Waals surface area contributed by atoms with Gasteiger partial charge in [0.15, 0.2) is 6.61 Å². The summed E-state index contributed by atoms with van der Waals surface area (Å²) >= 11 is 0. The Kier molecular flexibility index (Phi) is 5.36. The minimum atomic E-state index is -0.501. The summed E-state index contributed by atoms with van der Waals surface area (Å²) in [5.41, 5.74) is 1.58. The van der Waals surface area contributed by atoms with Crippen LogP contribution in [0.25, 0.3) is 0 Å². The van der Waals surface area contributed by atoms with E-state index >= 15 is 0 Å². The monoisotopic (exact) mass is 300 g/mol. The van der Waals surface area contributed by atoms with E-state index in [-0.39, 0.29) is 18.4 Å². The minimum Gasteiger partial charge on any atom is -0.451 e. The van der Waals surface area contributed by atoms with Crippen molar-refractivity contribution in [3.05, 3.63) is 59.9 Å². The van der Waals surface area contributed by atoms with Gasteiger partial charge in [-0.15, -0.1) is 0 Å². The lowest BCUT2D eigenvalue weighted by molar-refractivity contribution is -0.124. The summed E-state index contributed by atoms with van der Waals surface area (Å²) in [6.45, 7) is 2.27. The van der Waals surface area contributed by atoms with Crippen LogP contribution >= 0.6 is 0 Å². The fourth-order valence-corrected chi connectivity index (χ4v) is 2.10. The molecule has 0 aliphatic heterocycles. The van der Waals surface area contributed by atoms with Gasteiger partial charge in [-0.1, -0.05) is 37.3 Å². The number of hydrogen-bond acceptors (Lipinski definition) is 3. The Morgan fingerprint density at radius 3 is 2.55 bits per heavy atom. The van der Waals surface area contributed by atoms with Gasteiger partial charge in [0.05, 0.1) is 0 Å². The van der Waals surface area contributed by atoms with Crippen LogP contribution in [0.15, 0.2) is 48.7 Å². The molecule has 0 aliphatic carbocycles. The first-order valence-corrected chi connectivity index (χ1v) is 7.18. The topological polar surface area (TPSA) is 60.3 Å². The Balaban J connectivity index is 1.74. The normalized spacial score (nSPS) is 11.7. The number of esters is 1. The number of amides is 1. The molecule has 0 unspecified atom stereocenters. The van der Waals surface area contributed by atoms with E-state index in [1.165, 1.54) is 0 Å². The van der Waals surface area contributed by atoms with E-state index in [9.17, 15) is 9.59 Å². The number of hydrogen-bond donors (Lipinski definition) is 1. The summed E-state index contributed by atoms with van der Waals surface area (Å²) in [5, 5.41) is 2.77. The van der Waals surface area contributed by atoms with Crippen LogP contribution in [0.1, 0.15) is 28.9 Å². The maximum absolute atomic E-state index is 11.8. The van der Waals surface area contributed by atoms with Crippen molar-refractivity contribution in [2.24, 2.45) is 7.05 Å². The van der Waals surface area contributed by atoms with Gasteiger partial charge in [-0.3, -0.25) is 4.79 Å². The average molecular weight is 300 g/mol. The van der Waals surface area contributed by atoms with Gasteiger partial charge in [0.1, 0.15) is 5.69 Å². The molecular weight excluding hydrogens is 280 g/mol. The third-order valence-electron chi connectivity index (χ3n) is 3.46. The molecule has 5 heteroatoms. The standard InChI is InChI=1S/C17H20N2O3/c1-13(14-7-4-3-5-8-14)11-18-16(20)12-22-17(21)15-9-6-10-19(15)2/h3-10,13H,11-12H2,1-2H3,(H,18,20)/t13-/m1/s1. The number of aryl methyl sites for hydroxylation is 1. The Hall–Kier alpha value is -2.56. The molecule has 1 N–H and O–H groups in total. The Bertz CT molecular complexity index is 634. The van der Waals surface area contributed by atoms with Gasteiger partial charge in [0.25, 0.3) is 5.91 Å². The molecule has 1 aromatic heterocycles. The predicted molar refractivity (Wildman–Crippen MR) is 83.6 cm³/mol. The minimum absolute atomic E-state index is 0.203. The number of aromatic nitrogens is 1. The molecule has 0 radical (unpaired) electrons. The molecule has 0 bridgehead atoms. The van der Waals surface area contributed by atoms with Gasteiger partial charge in [-0.25, -0.2) is 4.79 Å². The van der Waals surface area contributed by atoms with Crippen molar-refractivity contribution in [3.63, 3.8) is 0 Å². The zero-order valence-corrected chi connectivity index (χ0v) is 12.8. The largest absolute Gasteiger partial charge is 0.451 e. The molecule has 5 nitrogen and oxygen atoms in total. The fraction of sp³-hybridized carbons (Fsp3) is 0.294. The molecular formula is C17H20N2O3. The summed E-state index contributed by atoms with van der Waals surface area (Å²) in [7, 11) is 1.75. The van der Waals surface area contributed by atoms with Gasteiger partial charge in [-0.2, -0.15) is 0 Å². The Morgan fingerprint density at radius 2 is 1.91 bits per heavy atom. The van der Waals surface area contributed by atoms with Crippen LogP contribution in [0, 0.1) is 0 Å². The summed E-state index contributed by atoms with van der Waals surface area (Å²) in [6, 6.07) is 13.3. The molecule has 22 heavy (non-hydrogen) atoms. The summed E-state index contributed by atoms with van der Waals surface area (Å²) in [6.07, 6.45) is 1.75. The van der Waals surface area contributed by atoms with Crippen LogP contribution < -0.4 is 5.32 Å². The van der Waals surface area contributed by atoms with E-state index in [1.807, 2.05) is 37.3 Å². The fourth-order valence-electron chi connectivity index (χ4n) is 2.10. The first-order valence-electron chi connectivity index (χ1n) is 7.18. The van der Waals surface area contributed by atoms with Crippen molar-refractivity contribution in [1.82, 2.24) is 9.88 Å². The second-order valence-electron chi connectivity index (χ2n) is 5.20. The van der Waals surface area contributed by atoms with Gasteiger partial charge in [0.2, 0.25) is 0 Å². The van der Waals surface area contributed by atoms with Crippen LogP contribution in [0.3, 0.4) is 0 Å². The average Bonchev–Trinajstić information content (AvgIpc) is 2.97. The molecule has 0 fully saturated rings. The van der Waals surface area contributed by atoms with Crippen molar-refractivity contribution < 1.29 is 14.3 Å². The van der Waals surface area contributed by atoms with Gasteiger partial charge < -0.3 is 14.6 Å². The lowest BCUT2D eigenvalue weighted by atomic mass is 10.0. The van der Waals surface area contributed by atoms with E-state index in [2.05, 4.69) is 5.32 Å².